The molecule has 0 aliphatic rings. The van der Waals surface area contributed by atoms with Crippen molar-refractivity contribution in [3.8, 4) is 22.9 Å². The molecule has 3 aromatic carbocycles. The number of rotatable bonds is 6. The molecule has 2 heterocycles. The van der Waals surface area contributed by atoms with Gasteiger partial charge in [-0.05, 0) is 48.5 Å². The quantitative estimate of drug-likeness (QED) is 0.264. The van der Waals surface area contributed by atoms with E-state index in [9.17, 15) is 9.18 Å². The average Bonchev–Trinajstić information content (AvgIpc) is 3.32. The zero-order chi connectivity index (χ0) is 22.8. The lowest BCUT2D eigenvalue weighted by Crippen LogP contribution is -2.22. The number of halogens is 1. The molecule has 2 aromatic heterocycles. The molecule has 0 bridgehead atoms. The predicted octanol–water partition coefficient (Wildman–Crippen LogP) is 4.88. The summed E-state index contributed by atoms with van der Waals surface area (Å²) in [6.45, 7) is 0. The van der Waals surface area contributed by atoms with Gasteiger partial charge in [-0.3, -0.25) is 9.36 Å². The molecular weight excluding hydrogens is 443 g/mol. The van der Waals surface area contributed by atoms with Crippen LogP contribution in [-0.4, -0.2) is 26.8 Å². The van der Waals surface area contributed by atoms with Crippen LogP contribution in [0.2, 0.25) is 0 Å². The van der Waals surface area contributed by atoms with Crippen molar-refractivity contribution in [3.05, 3.63) is 94.8 Å². The van der Waals surface area contributed by atoms with Gasteiger partial charge in [-0.25, -0.2) is 9.37 Å². The first kappa shape index (κ1) is 20.9. The van der Waals surface area contributed by atoms with Gasteiger partial charge in [0, 0.05) is 5.56 Å². The summed E-state index contributed by atoms with van der Waals surface area (Å²) in [5.74, 6) is 1.24. The van der Waals surface area contributed by atoms with E-state index in [-0.39, 0.29) is 11.4 Å². The zero-order valence-corrected chi connectivity index (χ0v) is 18.3. The molecule has 0 amide bonds. The van der Waals surface area contributed by atoms with Crippen molar-refractivity contribution < 1.29 is 13.7 Å². The van der Waals surface area contributed by atoms with E-state index >= 15 is 0 Å². The Hall–Kier alpha value is -3.98. The third-order valence-corrected chi connectivity index (χ3v) is 5.90. The highest BCUT2D eigenvalue weighted by atomic mass is 32.2. The van der Waals surface area contributed by atoms with Crippen molar-refractivity contribution in [2.24, 2.45) is 0 Å². The molecule has 33 heavy (non-hydrogen) atoms. The van der Waals surface area contributed by atoms with Crippen LogP contribution in [0, 0.1) is 5.82 Å². The fraction of sp³-hybridized carbons (Fsp3) is 0.0833. The molecule has 0 spiro atoms. The van der Waals surface area contributed by atoms with Gasteiger partial charge in [0.2, 0.25) is 0 Å². The van der Waals surface area contributed by atoms with Gasteiger partial charge in [0.25, 0.3) is 11.4 Å². The minimum atomic E-state index is -0.342. The molecule has 0 atom stereocenters. The summed E-state index contributed by atoms with van der Waals surface area (Å²) in [6.07, 6.45) is 0. The molecule has 0 N–H and O–H groups in total. The number of para-hydroxylation sites is 3. The summed E-state index contributed by atoms with van der Waals surface area (Å²) in [7, 11) is 1.56. The fourth-order valence-electron chi connectivity index (χ4n) is 3.39. The number of fused-ring (bicyclic) bond motifs is 1. The number of thioether (sulfide) groups is 1. The third-order valence-electron chi connectivity index (χ3n) is 4.96. The Morgan fingerprint density at radius 3 is 2.58 bits per heavy atom. The first-order valence-electron chi connectivity index (χ1n) is 10.0. The molecule has 0 fully saturated rings. The smallest absolute Gasteiger partial charge is 0.266 e. The maximum Gasteiger partial charge on any atom is 0.266 e. The third kappa shape index (κ3) is 4.10. The summed E-state index contributed by atoms with van der Waals surface area (Å²) in [4.78, 5) is 22.5. The van der Waals surface area contributed by atoms with Gasteiger partial charge in [-0.2, -0.15) is 4.98 Å². The molecule has 5 aromatic rings. The first-order chi connectivity index (χ1) is 16.1. The van der Waals surface area contributed by atoms with Crippen molar-refractivity contribution >= 4 is 22.7 Å². The SMILES string of the molecule is COc1ccccc1-n1c(SCc2noc(-c3ccc(F)cc3)n2)nc2ccccc2c1=O. The van der Waals surface area contributed by atoms with Crippen LogP contribution in [0.3, 0.4) is 0 Å². The Morgan fingerprint density at radius 2 is 1.76 bits per heavy atom. The monoisotopic (exact) mass is 460 g/mol. The summed E-state index contributed by atoms with van der Waals surface area (Å²) < 4.78 is 25.5. The molecule has 0 aliphatic heterocycles. The molecule has 0 radical (unpaired) electrons. The normalized spacial score (nSPS) is 11.1. The molecule has 0 saturated heterocycles. The number of ether oxygens (including phenoxy) is 1. The second kappa shape index (κ2) is 8.87. The largest absolute Gasteiger partial charge is 0.495 e. The minimum absolute atomic E-state index is 0.201. The molecular formula is C24H17FN4O3S. The van der Waals surface area contributed by atoms with Crippen LogP contribution in [0.1, 0.15) is 5.82 Å². The standard InChI is InChI=1S/C24H17FN4O3S/c1-31-20-9-5-4-8-19(20)29-23(30)17-6-2-3-7-18(17)26-24(29)33-14-21-27-22(32-28-21)15-10-12-16(25)13-11-15/h2-13H,14H2,1H3. The van der Waals surface area contributed by atoms with Gasteiger partial charge in [0.1, 0.15) is 11.6 Å². The number of hydrogen-bond donors (Lipinski definition) is 0. The van der Waals surface area contributed by atoms with E-state index in [1.807, 2.05) is 24.3 Å². The van der Waals surface area contributed by atoms with E-state index in [0.717, 1.165) is 0 Å². The molecule has 164 valence electrons. The average molecular weight is 460 g/mol. The van der Waals surface area contributed by atoms with Crippen LogP contribution >= 0.6 is 11.8 Å². The first-order valence-corrected chi connectivity index (χ1v) is 11.0. The summed E-state index contributed by atoms with van der Waals surface area (Å²) in [5.41, 5.74) is 1.60. The van der Waals surface area contributed by atoms with E-state index < -0.39 is 0 Å². The number of aromatic nitrogens is 4. The van der Waals surface area contributed by atoms with Gasteiger partial charge >= 0.3 is 0 Å². The van der Waals surface area contributed by atoms with Crippen LogP contribution in [-0.2, 0) is 5.75 Å². The van der Waals surface area contributed by atoms with Crippen molar-refractivity contribution in [2.75, 3.05) is 7.11 Å². The molecule has 0 saturated carbocycles. The lowest BCUT2D eigenvalue weighted by atomic mass is 10.2. The van der Waals surface area contributed by atoms with Crippen LogP contribution in [0.15, 0.2) is 87.3 Å². The molecule has 9 heteroatoms. The second-order valence-corrected chi connectivity index (χ2v) is 7.98. The lowest BCUT2D eigenvalue weighted by molar-refractivity contribution is 0.411. The van der Waals surface area contributed by atoms with Crippen molar-refractivity contribution in [1.82, 2.24) is 19.7 Å². The Balaban J connectivity index is 1.53. The van der Waals surface area contributed by atoms with Crippen molar-refractivity contribution in [3.63, 3.8) is 0 Å². The van der Waals surface area contributed by atoms with E-state index in [1.165, 1.54) is 28.5 Å². The van der Waals surface area contributed by atoms with Crippen LogP contribution in [0.25, 0.3) is 28.0 Å². The number of hydrogen-bond acceptors (Lipinski definition) is 7. The zero-order valence-electron chi connectivity index (χ0n) is 17.4. The Labute approximate surface area is 191 Å². The number of nitrogens with zero attached hydrogens (tertiary/aromatic N) is 4. The molecule has 7 nitrogen and oxygen atoms in total. The molecule has 0 aliphatic carbocycles. The van der Waals surface area contributed by atoms with Gasteiger partial charge in [-0.15, -0.1) is 0 Å². The highest BCUT2D eigenvalue weighted by Gasteiger charge is 2.17. The van der Waals surface area contributed by atoms with Gasteiger partial charge in [0.05, 0.1) is 29.5 Å². The minimum Gasteiger partial charge on any atom is -0.495 e. The van der Waals surface area contributed by atoms with Crippen LogP contribution in [0.5, 0.6) is 5.75 Å². The highest BCUT2D eigenvalue weighted by Crippen LogP contribution is 2.29. The Morgan fingerprint density at radius 1 is 1.00 bits per heavy atom. The summed E-state index contributed by atoms with van der Waals surface area (Å²) in [5, 5.41) is 4.98. The Kier molecular flexibility index (Phi) is 5.62. The molecule has 5 rings (SSSR count). The van der Waals surface area contributed by atoms with Gasteiger partial charge in [0.15, 0.2) is 11.0 Å². The number of benzene rings is 3. The predicted molar refractivity (Wildman–Crippen MR) is 123 cm³/mol. The van der Waals surface area contributed by atoms with Gasteiger partial charge in [-0.1, -0.05) is 41.2 Å². The van der Waals surface area contributed by atoms with Crippen molar-refractivity contribution in [1.29, 1.82) is 0 Å². The van der Waals surface area contributed by atoms with Crippen LogP contribution < -0.4 is 10.3 Å². The topological polar surface area (TPSA) is 83.0 Å². The fourth-order valence-corrected chi connectivity index (χ4v) is 4.24. The lowest BCUT2D eigenvalue weighted by Gasteiger charge is -2.15. The maximum absolute atomic E-state index is 13.4. The van der Waals surface area contributed by atoms with E-state index in [2.05, 4.69) is 10.1 Å². The summed E-state index contributed by atoms with van der Waals surface area (Å²) >= 11 is 1.31. The Bertz CT molecular complexity index is 1500. The van der Waals surface area contributed by atoms with E-state index in [4.69, 9.17) is 14.2 Å². The van der Waals surface area contributed by atoms with Crippen molar-refractivity contribution in [2.45, 2.75) is 10.9 Å². The van der Waals surface area contributed by atoms with Crippen LogP contribution in [0.4, 0.5) is 4.39 Å². The summed E-state index contributed by atoms with van der Waals surface area (Å²) in [6, 6.07) is 20.3. The molecule has 0 unspecified atom stereocenters. The second-order valence-electron chi connectivity index (χ2n) is 7.04. The number of methoxy groups -OCH3 is 1. The maximum atomic E-state index is 13.4. The van der Waals surface area contributed by atoms with Gasteiger partial charge < -0.3 is 9.26 Å². The van der Waals surface area contributed by atoms with E-state index in [0.29, 0.717) is 50.5 Å². The highest BCUT2D eigenvalue weighted by molar-refractivity contribution is 7.98. The van der Waals surface area contributed by atoms with E-state index in [1.54, 1.807) is 43.5 Å².